The predicted molar refractivity (Wildman–Crippen MR) is 194 cm³/mol. The molecule has 0 spiro atoms. The molecule has 0 aliphatic carbocycles. The third kappa shape index (κ3) is 9.75. The minimum Gasteiger partial charge on any atom is -0.392 e. The molecular formula is C40H47N3O6S. The molecule has 4 aromatic rings. The van der Waals surface area contributed by atoms with E-state index in [0.717, 1.165) is 39.9 Å². The fraction of sp³-hybridized carbons (Fsp3) is 0.325. The minimum atomic E-state index is -3.95. The summed E-state index contributed by atoms with van der Waals surface area (Å²) in [5.74, 6) is -0.372. The van der Waals surface area contributed by atoms with E-state index >= 15 is 0 Å². The molecule has 1 aliphatic rings. The third-order valence-electron chi connectivity index (χ3n) is 9.00. The molecule has 9 nitrogen and oxygen atoms in total. The van der Waals surface area contributed by atoms with Gasteiger partial charge < -0.3 is 24.8 Å². The number of carbonyl (C=O) groups excluding carboxylic acids is 1. The summed E-state index contributed by atoms with van der Waals surface area (Å²) in [6.07, 6.45) is 1.09. The number of amides is 1. The van der Waals surface area contributed by atoms with Gasteiger partial charge in [-0.25, -0.2) is 8.42 Å². The van der Waals surface area contributed by atoms with E-state index in [4.69, 9.17) is 9.47 Å². The Hall–Kier alpha value is -4.16. The molecule has 1 fully saturated rings. The van der Waals surface area contributed by atoms with Crippen LogP contribution in [0.5, 0.6) is 0 Å². The van der Waals surface area contributed by atoms with Crippen LogP contribution in [0.15, 0.2) is 121 Å². The number of sulfonamides is 1. The monoisotopic (exact) mass is 697 g/mol. The predicted octanol–water partition coefficient (Wildman–Crippen LogP) is 5.60. The van der Waals surface area contributed by atoms with Crippen LogP contribution in [-0.4, -0.2) is 56.6 Å². The van der Waals surface area contributed by atoms with Crippen LogP contribution in [0.1, 0.15) is 52.7 Å². The molecule has 1 heterocycles. The van der Waals surface area contributed by atoms with E-state index in [0.29, 0.717) is 6.54 Å². The van der Waals surface area contributed by atoms with Crippen LogP contribution in [0, 0.1) is 12.8 Å². The first-order chi connectivity index (χ1) is 24.1. The van der Waals surface area contributed by atoms with E-state index in [1.165, 1.54) is 12.1 Å². The number of aliphatic hydroxyl groups excluding tert-OH is 1. The molecular weight excluding hydrogens is 651 g/mol. The molecule has 1 aliphatic heterocycles. The van der Waals surface area contributed by atoms with Gasteiger partial charge in [-0.1, -0.05) is 110 Å². The van der Waals surface area contributed by atoms with Gasteiger partial charge in [0.1, 0.15) is 6.04 Å². The summed E-state index contributed by atoms with van der Waals surface area (Å²) in [4.78, 5) is 15.8. The lowest BCUT2D eigenvalue weighted by molar-refractivity contribution is -0.275. The van der Waals surface area contributed by atoms with Crippen molar-refractivity contribution in [2.24, 2.45) is 5.92 Å². The molecule has 10 heteroatoms. The van der Waals surface area contributed by atoms with Crippen molar-refractivity contribution in [1.82, 2.24) is 14.9 Å². The van der Waals surface area contributed by atoms with E-state index in [2.05, 4.69) is 28.4 Å². The van der Waals surface area contributed by atoms with E-state index in [1.807, 2.05) is 98.9 Å². The van der Waals surface area contributed by atoms with Gasteiger partial charge in [-0.05, 0) is 54.8 Å². The van der Waals surface area contributed by atoms with Gasteiger partial charge in [0.2, 0.25) is 15.9 Å². The highest BCUT2D eigenvalue weighted by Gasteiger charge is 2.38. The molecule has 5 rings (SSSR count). The highest BCUT2D eigenvalue weighted by atomic mass is 32.2. The summed E-state index contributed by atoms with van der Waals surface area (Å²) in [7, 11) is -1.91. The Morgan fingerprint density at radius 2 is 1.54 bits per heavy atom. The van der Waals surface area contributed by atoms with Crippen molar-refractivity contribution < 1.29 is 27.8 Å². The Morgan fingerprint density at radius 1 is 0.900 bits per heavy atom. The number of aliphatic hydroxyl groups is 1. The van der Waals surface area contributed by atoms with Crippen molar-refractivity contribution in [3.63, 3.8) is 0 Å². The van der Waals surface area contributed by atoms with Gasteiger partial charge in [0.15, 0.2) is 6.29 Å². The van der Waals surface area contributed by atoms with Crippen molar-refractivity contribution in [2.45, 2.75) is 62.9 Å². The SMILES string of the molecule is C=CCN(C)CC1OC(c2ccc(CNC(=O)C(Cc3ccccc3)NS(=O)(=O)c3ccc(C)cc3)cc2)OC(c2ccc(CO)cc2)C1C. The van der Waals surface area contributed by atoms with Crippen molar-refractivity contribution in [3.05, 3.63) is 149 Å². The van der Waals surface area contributed by atoms with Crippen LogP contribution in [0.25, 0.3) is 0 Å². The lowest BCUT2D eigenvalue weighted by Crippen LogP contribution is -2.47. The van der Waals surface area contributed by atoms with Gasteiger partial charge in [0, 0.05) is 31.1 Å². The average Bonchev–Trinajstić information content (AvgIpc) is 3.12. The number of likely N-dealkylation sites (N-methyl/N-ethyl adjacent to an activating group) is 1. The van der Waals surface area contributed by atoms with Crippen LogP contribution in [0.2, 0.25) is 0 Å². The van der Waals surface area contributed by atoms with Gasteiger partial charge >= 0.3 is 0 Å². The normalized spacial score (nSPS) is 19.9. The summed E-state index contributed by atoms with van der Waals surface area (Å²) in [6, 6.07) is 30.3. The van der Waals surface area contributed by atoms with Crippen molar-refractivity contribution in [2.75, 3.05) is 20.1 Å². The Labute approximate surface area is 296 Å². The number of carbonyl (C=O) groups is 1. The van der Waals surface area contributed by atoms with Crippen LogP contribution in [-0.2, 0) is 43.9 Å². The maximum atomic E-state index is 13.5. The number of benzene rings is 4. The van der Waals surface area contributed by atoms with Crippen LogP contribution in [0.4, 0.5) is 0 Å². The van der Waals surface area contributed by atoms with Crippen molar-refractivity contribution in [3.8, 4) is 0 Å². The summed E-state index contributed by atoms with van der Waals surface area (Å²) in [6.45, 7) is 9.48. The molecule has 5 unspecified atom stereocenters. The lowest BCUT2D eigenvalue weighted by atomic mass is 9.90. The van der Waals surface area contributed by atoms with Crippen LogP contribution < -0.4 is 10.0 Å². The smallest absolute Gasteiger partial charge is 0.241 e. The fourth-order valence-corrected chi connectivity index (χ4v) is 7.24. The molecule has 5 atom stereocenters. The largest absolute Gasteiger partial charge is 0.392 e. The van der Waals surface area contributed by atoms with E-state index in [9.17, 15) is 18.3 Å². The number of ether oxygens (including phenoxy) is 2. The topological polar surface area (TPSA) is 117 Å². The summed E-state index contributed by atoms with van der Waals surface area (Å²) in [5.41, 5.74) is 5.31. The zero-order valence-electron chi connectivity index (χ0n) is 28.9. The Balaban J connectivity index is 1.29. The molecule has 3 N–H and O–H groups in total. The third-order valence-corrected chi connectivity index (χ3v) is 10.5. The minimum absolute atomic E-state index is 0.0222. The number of rotatable bonds is 15. The number of hydrogen-bond acceptors (Lipinski definition) is 7. The highest BCUT2D eigenvalue weighted by molar-refractivity contribution is 7.89. The molecule has 0 saturated carbocycles. The average molecular weight is 698 g/mol. The summed E-state index contributed by atoms with van der Waals surface area (Å²) >= 11 is 0. The van der Waals surface area contributed by atoms with E-state index < -0.39 is 28.3 Å². The summed E-state index contributed by atoms with van der Waals surface area (Å²) < 4.78 is 42.3. The second-order valence-corrected chi connectivity index (χ2v) is 14.7. The first-order valence-electron chi connectivity index (χ1n) is 16.9. The van der Waals surface area contributed by atoms with Crippen LogP contribution in [0.3, 0.4) is 0 Å². The first kappa shape index (κ1) is 37.1. The molecule has 1 saturated heterocycles. The maximum Gasteiger partial charge on any atom is 0.241 e. The fourth-order valence-electron chi connectivity index (χ4n) is 6.05. The molecule has 0 bridgehead atoms. The van der Waals surface area contributed by atoms with Crippen LogP contribution >= 0.6 is 0 Å². The van der Waals surface area contributed by atoms with E-state index in [1.54, 1.807) is 12.1 Å². The maximum absolute atomic E-state index is 13.5. The molecule has 0 radical (unpaired) electrons. The van der Waals surface area contributed by atoms with E-state index in [-0.39, 0.29) is 42.6 Å². The number of nitrogens with one attached hydrogen (secondary N) is 2. The summed E-state index contributed by atoms with van der Waals surface area (Å²) in [5, 5.41) is 12.5. The van der Waals surface area contributed by atoms with Crippen molar-refractivity contribution in [1.29, 1.82) is 0 Å². The first-order valence-corrected chi connectivity index (χ1v) is 18.3. The Kier molecular flexibility index (Phi) is 12.7. The van der Waals surface area contributed by atoms with Gasteiger partial charge in [-0.15, -0.1) is 6.58 Å². The Morgan fingerprint density at radius 3 is 2.18 bits per heavy atom. The molecule has 264 valence electrons. The molecule has 50 heavy (non-hydrogen) atoms. The number of nitrogens with zero attached hydrogens (tertiary/aromatic N) is 1. The zero-order valence-corrected chi connectivity index (χ0v) is 29.7. The lowest BCUT2D eigenvalue weighted by Gasteiger charge is -2.42. The highest BCUT2D eigenvalue weighted by Crippen LogP contribution is 2.41. The molecule has 4 aromatic carbocycles. The van der Waals surface area contributed by atoms with Gasteiger partial charge in [-0.2, -0.15) is 4.72 Å². The second-order valence-electron chi connectivity index (χ2n) is 13.0. The zero-order chi connectivity index (χ0) is 35.7. The van der Waals surface area contributed by atoms with Gasteiger partial charge in [0.05, 0.1) is 23.7 Å². The second kappa shape index (κ2) is 17.2. The molecule has 0 aromatic heterocycles. The van der Waals surface area contributed by atoms with Gasteiger partial charge in [-0.3, -0.25) is 4.79 Å². The quantitative estimate of drug-likeness (QED) is 0.139. The van der Waals surface area contributed by atoms with Gasteiger partial charge in [0.25, 0.3) is 0 Å². The Bertz CT molecular complexity index is 1800. The number of aryl methyl sites for hydroxylation is 1. The molecule has 1 amide bonds. The standard InChI is InChI=1S/C40H47N3O6S/c1-5-23-43(4)26-37-29(3)38(33-17-15-32(27-44)16-18-33)49-40(48-37)34-19-13-31(14-20-34)25-41-39(45)36(24-30-9-7-6-8-10-30)42-50(46,47)35-21-11-28(2)12-22-35/h5-22,29,36-38,40,42,44H,1,23-27H2,2-4H3,(H,41,45). The van der Waals surface area contributed by atoms with Crippen molar-refractivity contribution >= 4 is 15.9 Å². The number of hydrogen-bond donors (Lipinski definition) is 3.